The van der Waals surface area contributed by atoms with Crippen molar-refractivity contribution in [3.8, 4) is 0 Å². The van der Waals surface area contributed by atoms with Crippen molar-refractivity contribution < 1.29 is 14.7 Å². The van der Waals surface area contributed by atoms with E-state index in [1.807, 2.05) is 0 Å². The first kappa shape index (κ1) is 11.7. The van der Waals surface area contributed by atoms with Gasteiger partial charge in [-0.2, -0.15) is 0 Å². The lowest BCUT2D eigenvalue weighted by atomic mass is 10.2. The Hall–Kier alpha value is -2.77. The van der Waals surface area contributed by atoms with Gasteiger partial charge in [0, 0.05) is 12.4 Å². The standard InChI is InChI=1S/C10H9N5O3/c16-9(6-15-4-3-12-14-15)13-8-5-7(10(17)18)1-2-11-8/h1-5H,6H2,(H,17,18)(H,11,13,16). The predicted molar refractivity (Wildman–Crippen MR) is 59.8 cm³/mol. The summed E-state index contributed by atoms with van der Waals surface area (Å²) in [6.45, 7) is -0.0149. The quantitative estimate of drug-likeness (QED) is 0.787. The van der Waals surface area contributed by atoms with Crippen LogP contribution in [0.1, 0.15) is 10.4 Å². The molecule has 0 aliphatic carbocycles. The van der Waals surface area contributed by atoms with Gasteiger partial charge in [0.2, 0.25) is 5.91 Å². The van der Waals surface area contributed by atoms with E-state index < -0.39 is 5.97 Å². The van der Waals surface area contributed by atoms with Crippen molar-refractivity contribution in [2.45, 2.75) is 6.54 Å². The highest BCUT2D eigenvalue weighted by atomic mass is 16.4. The van der Waals surface area contributed by atoms with Gasteiger partial charge in [-0.15, -0.1) is 5.10 Å². The number of rotatable bonds is 4. The molecule has 92 valence electrons. The molecule has 0 atom stereocenters. The maximum atomic E-state index is 11.6. The van der Waals surface area contributed by atoms with Crippen LogP contribution in [-0.2, 0) is 11.3 Å². The normalized spacial score (nSPS) is 10.0. The van der Waals surface area contributed by atoms with Crippen LogP contribution in [0.3, 0.4) is 0 Å². The number of carboxylic acids is 1. The van der Waals surface area contributed by atoms with E-state index in [-0.39, 0.29) is 23.8 Å². The van der Waals surface area contributed by atoms with Crippen molar-refractivity contribution in [3.05, 3.63) is 36.3 Å². The molecule has 18 heavy (non-hydrogen) atoms. The van der Waals surface area contributed by atoms with Gasteiger partial charge >= 0.3 is 5.97 Å². The van der Waals surface area contributed by atoms with E-state index in [1.54, 1.807) is 6.20 Å². The van der Waals surface area contributed by atoms with Crippen LogP contribution in [0.2, 0.25) is 0 Å². The third-order valence-corrected chi connectivity index (χ3v) is 2.05. The molecule has 0 aliphatic heterocycles. The molecular weight excluding hydrogens is 238 g/mol. The van der Waals surface area contributed by atoms with Crippen LogP contribution in [0.5, 0.6) is 0 Å². The number of hydrogen-bond acceptors (Lipinski definition) is 5. The number of hydrogen-bond donors (Lipinski definition) is 2. The molecule has 2 aromatic heterocycles. The van der Waals surface area contributed by atoms with Crippen LogP contribution in [0.15, 0.2) is 30.7 Å². The summed E-state index contributed by atoms with van der Waals surface area (Å²) in [5.41, 5.74) is 0.0565. The highest BCUT2D eigenvalue weighted by Gasteiger charge is 2.08. The van der Waals surface area contributed by atoms with Gasteiger partial charge in [-0.05, 0) is 12.1 Å². The van der Waals surface area contributed by atoms with E-state index in [0.717, 1.165) is 0 Å². The summed E-state index contributed by atoms with van der Waals surface area (Å²) in [4.78, 5) is 26.2. The molecule has 0 saturated heterocycles. The molecule has 0 unspecified atom stereocenters. The van der Waals surface area contributed by atoms with E-state index in [0.29, 0.717) is 0 Å². The number of carboxylic acid groups (broad SMARTS) is 1. The molecule has 0 bridgehead atoms. The van der Waals surface area contributed by atoms with Crippen molar-refractivity contribution in [1.82, 2.24) is 20.0 Å². The Labute approximate surface area is 101 Å². The van der Waals surface area contributed by atoms with Gasteiger partial charge < -0.3 is 10.4 Å². The molecule has 0 aromatic carbocycles. The fourth-order valence-corrected chi connectivity index (χ4v) is 1.28. The zero-order valence-corrected chi connectivity index (χ0v) is 9.15. The van der Waals surface area contributed by atoms with Crippen LogP contribution in [0.4, 0.5) is 5.82 Å². The number of pyridine rings is 1. The average molecular weight is 247 g/mol. The average Bonchev–Trinajstić information content (AvgIpc) is 2.82. The van der Waals surface area contributed by atoms with Gasteiger partial charge in [-0.25, -0.2) is 14.5 Å². The molecule has 0 radical (unpaired) electrons. The van der Waals surface area contributed by atoms with Crippen molar-refractivity contribution in [1.29, 1.82) is 0 Å². The Morgan fingerprint density at radius 2 is 2.22 bits per heavy atom. The van der Waals surface area contributed by atoms with Crippen LogP contribution in [0, 0.1) is 0 Å². The molecule has 8 heteroatoms. The zero-order chi connectivity index (χ0) is 13.0. The zero-order valence-electron chi connectivity index (χ0n) is 9.15. The third-order valence-electron chi connectivity index (χ3n) is 2.05. The first-order chi connectivity index (χ1) is 8.65. The van der Waals surface area contributed by atoms with Gasteiger partial charge in [0.25, 0.3) is 0 Å². The van der Waals surface area contributed by atoms with Crippen molar-refractivity contribution in [3.63, 3.8) is 0 Å². The lowest BCUT2D eigenvalue weighted by Crippen LogP contribution is -2.20. The molecule has 2 heterocycles. The van der Waals surface area contributed by atoms with E-state index in [1.165, 1.54) is 29.2 Å². The highest BCUT2D eigenvalue weighted by Crippen LogP contribution is 2.06. The topological polar surface area (TPSA) is 110 Å². The van der Waals surface area contributed by atoms with Crippen molar-refractivity contribution in [2.24, 2.45) is 0 Å². The summed E-state index contributed by atoms with van der Waals surface area (Å²) >= 11 is 0. The van der Waals surface area contributed by atoms with E-state index in [2.05, 4.69) is 20.6 Å². The monoisotopic (exact) mass is 247 g/mol. The summed E-state index contributed by atoms with van der Waals surface area (Å²) in [7, 11) is 0. The van der Waals surface area contributed by atoms with Crippen LogP contribution >= 0.6 is 0 Å². The fraction of sp³-hybridized carbons (Fsp3) is 0.100. The highest BCUT2D eigenvalue weighted by molar-refractivity contribution is 5.92. The lowest BCUT2D eigenvalue weighted by molar-refractivity contribution is -0.117. The van der Waals surface area contributed by atoms with Crippen LogP contribution in [-0.4, -0.2) is 37.0 Å². The molecule has 8 nitrogen and oxygen atoms in total. The molecular formula is C10H9N5O3. The Bertz CT molecular complexity index is 567. The third kappa shape index (κ3) is 2.88. The smallest absolute Gasteiger partial charge is 0.335 e. The van der Waals surface area contributed by atoms with Crippen LogP contribution < -0.4 is 5.32 Å². The number of carbonyl (C=O) groups excluding carboxylic acids is 1. The van der Waals surface area contributed by atoms with Gasteiger partial charge in [-0.3, -0.25) is 4.79 Å². The van der Waals surface area contributed by atoms with E-state index in [4.69, 9.17) is 5.11 Å². The minimum atomic E-state index is -1.08. The van der Waals surface area contributed by atoms with E-state index >= 15 is 0 Å². The second kappa shape index (κ2) is 5.04. The predicted octanol–water partition coefficient (Wildman–Crippen LogP) is 0.01000. The van der Waals surface area contributed by atoms with Crippen molar-refractivity contribution in [2.75, 3.05) is 5.32 Å². The first-order valence-electron chi connectivity index (χ1n) is 4.98. The second-order valence-electron chi connectivity index (χ2n) is 3.38. The lowest BCUT2D eigenvalue weighted by Gasteiger charge is -2.04. The maximum Gasteiger partial charge on any atom is 0.335 e. The second-order valence-corrected chi connectivity index (χ2v) is 3.38. The molecule has 1 amide bonds. The molecule has 2 rings (SSSR count). The number of aromatic nitrogens is 4. The number of anilines is 1. The SMILES string of the molecule is O=C(Cn1ccnn1)Nc1cc(C(=O)O)ccn1. The van der Waals surface area contributed by atoms with E-state index in [9.17, 15) is 9.59 Å². The van der Waals surface area contributed by atoms with Gasteiger partial charge in [0.05, 0.1) is 11.8 Å². The molecule has 0 aliphatic rings. The Kier molecular flexibility index (Phi) is 3.28. The minimum Gasteiger partial charge on any atom is -0.478 e. The Balaban J connectivity index is 2.03. The molecule has 2 N–H and O–H groups in total. The molecule has 2 aromatic rings. The summed E-state index contributed by atoms with van der Waals surface area (Å²) < 4.78 is 1.34. The largest absolute Gasteiger partial charge is 0.478 e. The molecule has 0 saturated carbocycles. The molecule has 0 fully saturated rings. The van der Waals surface area contributed by atoms with Gasteiger partial charge in [0.15, 0.2) is 0 Å². The molecule has 0 spiro atoms. The van der Waals surface area contributed by atoms with Gasteiger partial charge in [0.1, 0.15) is 12.4 Å². The number of amides is 1. The number of nitrogens with one attached hydrogen (secondary N) is 1. The summed E-state index contributed by atoms with van der Waals surface area (Å²) in [6.07, 6.45) is 4.31. The fourth-order valence-electron chi connectivity index (χ4n) is 1.28. The van der Waals surface area contributed by atoms with Crippen molar-refractivity contribution >= 4 is 17.7 Å². The number of carbonyl (C=O) groups is 2. The number of aromatic carboxylic acids is 1. The summed E-state index contributed by atoms with van der Waals surface area (Å²) in [6, 6.07) is 2.62. The summed E-state index contributed by atoms with van der Waals surface area (Å²) in [5.74, 6) is -1.26. The first-order valence-corrected chi connectivity index (χ1v) is 4.98. The maximum absolute atomic E-state index is 11.6. The van der Waals surface area contributed by atoms with Gasteiger partial charge in [-0.1, -0.05) is 5.21 Å². The van der Waals surface area contributed by atoms with Crippen LogP contribution in [0.25, 0.3) is 0 Å². The number of nitrogens with zero attached hydrogens (tertiary/aromatic N) is 4. The Morgan fingerprint density at radius 1 is 1.39 bits per heavy atom. The Morgan fingerprint density at radius 3 is 2.89 bits per heavy atom. The summed E-state index contributed by atoms with van der Waals surface area (Å²) in [5, 5.41) is 18.5. The minimum absolute atomic E-state index is 0.0149.